The van der Waals surface area contributed by atoms with Crippen molar-refractivity contribution in [3.8, 4) is 0 Å². The van der Waals surface area contributed by atoms with E-state index < -0.39 is 0 Å². The molecule has 20 heavy (non-hydrogen) atoms. The first-order valence-electron chi connectivity index (χ1n) is 9.08. The molecular weight excluding hydrogens is 240 g/mol. The van der Waals surface area contributed by atoms with Crippen molar-refractivity contribution in [3.63, 3.8) is 0 Å². The van der Waals surface area contributed by atoms with Gasteiger partial charge in [0.05, 0.1) is 0 Å². The molecule has 0 saturated carbocycles. The number of rotatable bonds is 15. The highest BCUT2D eigenvalue weighted by molar-refractivity contribution is 4.84. The van der Waals surface area contributed by atoms with E-state index in [0.717, 1.165) is 18.8 Å². The van der Waals surface area contributed by atoms with E-state index in [1.807, 2.05) is 0 Å². The largest absolute Gasteiger partial charge is 0.0885 e. The van der Waals surface area contributed by atoms with Crippen molar-refractivity contribution in [1.82, 2.24) is 0 Å². The van der Waals surface area contributed by atoms with E-state index in [4.69, 9.17) is 0 Å². The lowest BCUT2D eigenvalue weighted by Gasteiger charge is -2.12. The molecule has 0 aliphatic carbocycles. The molecule has 0 fully saturated rings. The Morgan fingerprint density at radius 3 is 1.80 bits per heavy atom. The van der Waals surface area contributed by atoms with Crippen LogP contribution in [0.2, 0.25) is 0 Å². The topological polar surface area (TPSA) is 0 Å². The van der Waals surface area contributed by atoms with Crippen LogP contribution in [0.15, 0.2) is 12.2 Å². The van der Waals surface area contributed by atoms with E-state index in [1.54, 1.807) is 0 Å². The molecule has 0 amide bonds. The summed E-state index contributed by atoms with van der Waals surface area (Å²) in [5.41, 5.74) is 0. The summed E-state index contributed by atoms with van der Waals surface area (Å²) >= 11 is 0. The SMILES string of the molecule is [CH2]C/C=C/CC(CC)CCCCCCCCCCC[CH2]. The van der Waals surface area contributed by atoms with Crippen LogP contribution in [0.25, 0.3) is 0 Å². The van der Waals surface area contributed by atoms with Crippen LogP contribution in [0, 0.1) is 19.8 Å². The van der Waals surface area contributed by atoms with Crippen molar-refractivity contribution in [2.75, 3.05) is 0 Å². The molecule has 0 nitrogen and oxygen atoms in total. The minimum atomic E-state index is 0.903. The highest BCUT2D eigenvalue weighted by Crippen LogP contribution is 2.19. The van der Waals surface area contributed by atoms with E-state index in [2.05, 4.69) is 32.9 Å². The average Bonchev–Trinajstić information content (AvgIpc) is 2.47. The standard InChI is InChI=1S/C20H38/c1-4-7-9-10-11-12-13-14-15-17-19-20(6-3)18-16-8-5-2/h8,16,20H,1-2,4-7,9-15,17-19H2,3H3/b16-8+. The molecule has 0 bridgehead atoms. The lowest BCUT2D eigenvalue weighted by atomic mass is 9.94. The zero-order valence-electron chi connectivity index (χ0n) is 14.0. The molecule has 0 spiro atoms. The van der Waals surface area contributed by atoms with Gasteiger partial charge in [0.2, 0.25) is 0 Å². The smallest absolute Gasteiger partial charge is 0.0322 e. The lowest BCUT2D eigenvalue weighted by Crippen LogP contribution is -1.97. The Kier molecular flexibility index (Phi) is 16.6. The van der Waals surface area contributed by atoms with Gasteiger partial charge in [-0.15, -0.1) is 0 Å². The number of unbranched alkanes of at least 4 members (excludes halogenated alkanes) is 9. The summed E-state index contributed by atoms with van der Waals surface area (Å²) in [6.45, 7) is 10.1. The third-order valence-electron chi connectivity index (χ3n) is 4.24. The molecule has 0 aliphatic heterocycles. The van der Waals surface area contributed by atoms with Crippen molar-refractivity contribution in [2.45, 2.75) is 96.8 Å². The van der Waals surface area contributed by atoms with E-state index in [-0.39, 0.29) is 0 Å². The Balaban J connectivity index is 3.26. The molecule has 0 rings (SSSR count). The van der Waals surface area contributed by atoms with Crippen LogP contribution in [-0.2, 0) is 0 Å². The van der Waals surface area contributed by atoms with Crippen LogP contribution in [-0.4, -0.2) is 0 Å². The van der Waals surface area contributed by atoms with Crippen LogP contribution in [0.5, 0.6) is 0 Å². The van der Waals surface area contributed by atoms with Gasteiger partial charge in [-0.05, 0) is 25.7 Å². The maximum absolute atomic E-state index is 3.89. The van der Waals surface area contributed by atoms with Gasteiger partial charge in [0.25, 0.3) is 0 Å². The molecule has 1 unspecified atom stereocenters. The second-order valence-electron chi connectivity index (χ2n) is 6.09. The first-order chi connectivity index (χ1) is 9.85. The van der Waals surface area contributed by atoms with Crippen LogP contribution < -0.4 is 0 Å². The van der Waals surface area contributed by atoms with E-state index >= 15 is 0 Å². The Morgan fingerprint density at radius 2 is 1.30 bits per heavy atom. The summed E-state index contributed by atoms with van der Waals surface area (Å²) < 4.78 is 0. The molecule has 0 aromatic rings. The van der Waals surface area contributed by atoms with Gasteiger partial charge < -0.3 is 0 Å². The summed E-state index contributed by atoms with van der Waals surface area (Å²) in [6, 6.07) is 0. The van der Waals surface area contributed by atoms with E-state index in [0.29, 0.717) is 0 Å². The molecule has 1 atom stereocenters. The Morgan fingerprint density at radius 1 is 0.750 bits per heavy atom. The van der Waals surface area contributed by atoms with Gasteiger partial charge in [0, 0.05) is 0 Å². The second kappa shape index (κ2) is 16.8. The van der Waals surface area contributed by atoms with Crippen molar-refractivity contribution >= 4 is 0 Å². The van der Waals surface area contributed by atoms with E-state index in [1.165, 1.54) is 77.0 Å². The first kappa shape index (κ1) is 19.7. The number of allylic oxidation sites excluding steroid dienone is 2. The second-order valence-corrected chi connectivity index (χ2v) is 6.09. The molecule has 0 heteroatoms. The Bertz CT molecular complexity index is 192. The third-order valence-corrected chi connectivity index (χ3v) is 4.24. The molecule has 0 saturated heterocycles. The van der Waals surface area contributed by atoms with Crippen LogP contribution in [0.3, 0.4) is 0 Å². The summed E-state index contributed by atoms with van der Waals surface area (Å²) in [5.74, 6) is 0.903. The average molecular weight is 279 g/mol. The van der Waals surface area contributed by atoms with Gasteiger partial charge >= 0.3 is 0 Å². The van der Waals surface area contributed by atoms with Gasteiger partial charge in [-0.1, -0.05) is 103 Å². The molecule has 0 aromatic carbocycles. The fourth-order valence-corrected chi connectivity index (χ4v) is 2.74. The highest BCUT2D eigenvalue weighted by Gasteiger charge is 2.03. The van der Waals surface area contributed by atoms with Crippen molar-refractivity contribution in [2.24, 2.45) is 5.92 Å². The maximum Gasteiger partial charge on any atom is -0.0322 e. The predicted molar refractivity (Wildman–Crippen MR) is 93.7 cm³/mol. The van der Waals surface area contributed by atoms with Crippen molar-refractivity contribution < 1.29 is 0 Å². The van der Waals surface area contributed by atoms with Crippen LogP contribution in [0.4, 0.5) is 0 Å². The zero-order valence-corrected chi connectivity index (χ0v) is 14.0. The summed E-state index contributed by atoms with van der Waals surface area (Å²) in [6.07, 6.45) is 23.4. The highest BCUT2D eigenvalue weighted by atomic mass is 14.1. The normalized spacial score (nSPS) is 13.2. The quantitative estimate of drug-likeness (QED) is 0.217. The fourth-order valence-electron chi connectivity index (χ4n) is 2.74. The molecule has 0 aromatic heterocycles. The molecule has 0 heterocycles. The fraction of sp³-hybridized carbons (Fsp3) is 0.800. The Hall–Kier alpha value is -0.260. The van der Waals surface area contributed by atoms with Gasteiger partial charge in [0.15, 0.2) is 0 Å². The van der Waals surface area contributed by atoms with Crippen LogP contribution in [0.1, 0.15) is 96.8 Å². The van der Waals surface area contributed by atoms with Crippen LogP contribution >= 0.6 is 0 Å². The van der Waals surface area contributed by atoms with Crippen molar-refractivity contribution in [1.29, 1.82) is 0 Å². The van der Waals surface area contributed by atoms with E-state index in [9.17, 15) is 0 Å². The number of hydrogen-bond donors (Lipinski definition) is 0. The molecule has 0 aliphatic rings. The molecule has 0 N–H and O–H groups in total. The van der Waals surface area contributed by atoms with Gasteiger partial charge in [0.1, 0.15) is 0 Å². The molecular formula is C20H38. The third kappa shape index (κ3) is 14.2. The zero-order chi connectivity index (χ0) is 14.9. The predicted octanol–water partition coefficient (Wildman–Crippen LogP) is 7.31. The first-order valence-corrected chi connectivity index (χ1v) is 9.08. The van der Waals surface area contributed by atoms with Gasteiger partial charge in [-0.3, -0.25) is 0 Å². The number of hydrogen-bond acceptors (Lipinski definition) is 0. The Labute approximate surface area is 129 Å². The minimum Gasteiger partial charge on any atom is -0.0885 e. The van der Waals surface area contributed by atoms with Crippen molar-refractivity contribution in [3.05, 3.63) is 26.0 Å². The summed E-state index contributed by atoms with van der Waals surface area (Å²) in [5, 5.41) is 0. The summed E-state index contributed by atoms with van der Waals surface area (Å²) in [7, 11) is 0. The summed E-state index contributed by atoms with van der Waals surface area (Å²) in [4.78, 5) is 0. The minimum absolute atomic E-state index is 0.903. The maximum atomic E-state index is 3.89. The lowest BCUT2D eigenvalue weighted by molar-refractivity contribution is 0.441. The molecule has 2 radical (unpaired) electrons. The molecule has 118 valence electrons. The monoisotopic (exact) mass is 278 g/mol. The van der Waals surface area contributed by atoms with Gasteiger partial charge in [-0.25, -0.2) is 0 Å². The van der Waals surface area contributed by atoms with Gasteiger partial charge in [-0.2, -0.15) is 0 Å².